The Kier molecular flexibility index (Phi) is 1.98. The summed E-state index contributed by atoms with van der Waals surface area (Å²) in [5, 5.41) is 9.86. The maximum atomic E-state index is 11.2. The number of hydrogen-bond acceptors (Lipinski definition) is 5. The van der Waals surface area contributed by atoms with E-state index >= 15 is 0 Å². The number of ether oxygens (including phenoxy) is 1. The normalized spacial score (nSPS) is 10.1. The summed E-state index contributed by atoms with van der Waals surface area (Å²) in [6.07, 6.45) is 3.04. The van der Waals surface area contributed by atoms with Crippen molar-refractivity contribution in [2.24, 2.45) is 0 Å². The molecule has 2 heterocycles. The smallest absolute Gasteiger partial charge is 0.360 e. The molecule has 7 heteroatoms. The predicted molar refractivity (Wildman–Crippen MR) is 45.3 cm³/mol. The van der Waals surface area contributed by atoms with Gasteiger partial charge in [-0.05, 0) is 0 Å². The monoisotopic (exact) mass is 193 g/mol. The standard InChI is InChI=1S/C7H7N5O2/c1-14-7(13)6-5(10-12-11-6)4-2-8-3-9-4/h2-3H,1H3,(H,8,9)(H,10,11,12). The first-order valence-electron chi connectivity index (χ1n) is 3.80. The summed E-state index contributed by atoms with van der Waals surface area (Å²) in [6.45, 7) is 0. The average Bonchev–Trinajstić information content (AvgIpc) is 2.85. The Labute approximate surface area is 78.5 Å². The molecule has 0 atom stereocenters. The third kappa shape index (κ3) is 1.24. The summed E-state index contributed by atoms with van der Waals surface area (Å²) in [7, 11) is 1.29. The van der Waals surface area contributed by atoms with Crippen LogP contribution in [0.25, 0.3) is 11.4 Å². The van der Waals surface area contributed by atoms with Crippen LogP contribution in [0.1, 0.15) is 10.5 Å². The van der Waals surface area contributed by atoms with Crippen molar-refractivity contribution >= 4 is 5.97 Å². The fourth-order valence-corrected chi connectivity index (χ4v) is 1.04. The molecule has 0 aromatic carbocycles. The van der Waals surface area contributed by atoms with Crippen LogP contribution in [0.4, 0.5) is 0 Å². The van der Waals surface area contributed by atoms with Gasteiger partial charge in [0.1, 0.15) is 5.69 Å². The third-order valence-corrected chi connectivity index (χ3v) is 1.68. The van der Waals surface area contributed by atoms with Gasteiger partial charge in [-0.25, -0.2) is 9.78 Å². The highest BCUT2D eigenvalue weighted by Gasteiger charge is 2.18. The lowest BCUT2D eigenvalue weighted by Gasteiger charge is -1.94. The molecule has 0 radical (unpaired) electrons. The Bertz CT molecular complexity index is 433. The Hall–Kier alpha value is -2.18. The number of aromatic nitrogens is 5. The van der Waals surface area contributed by atoms with Crippen LogP contribution in [0, 0.1) is 0 Å². The molecule has 0 spiro atoms. The van der Waals surface area contributed by atoms with Gasteiger partial charge in [0.15, 0.2) is 5.69 Å². The highest BCUT2D eigenvalue weighted by molar-refractivity contribution is 5.93. The Morgan fingerprint density at radius 2 is 2.36 bits per heavy atom. The van der Waals surface area contributed by atoms with E-state index in [1.165, 1.54) is 13.4 Å². The summed E-state index contributed by atoms with van der Waals surface area (Å²) >= 11 is 0. The molecule has 0 saturated carbocycles. The number of carbonyl (C=O) groups is 1. The SMILES string of the molecule is COC(=O)c1n[nH]nc1-c1cnc[nH]1. The molecule has 0 bridgehead atoms. The molecule has 0 fully saturated rings. The van der Waals surface area contributed by atoms with Crippen molar-refractivity contribution in [3.05, 3.63) is 18.2 Å². The van der Waals surface area contributed by atoms with Crippen LogP contribution in [-0.4, -0.2) is 38.5 Å². The molecule has 0 saturated heterocycles. The quantitative estimate of drug-likeness (QED) is 0.653. The van der Waals surface area contributed by atoms with E-state index in [4.69, 9.17) is 0 Å². The number of nitrogens with zero attached hydrogens (tertiary/aromatic N) is 3. The first-order chi connectivity index (χ1) is 6.83. The van der Waals surface area contributed by atoms with E-state index in [1.807, 2.05) is 0 Å². The van der Waals surface area contributed by atoms with Crippen LogP contribution in [0.2, 0.25) is 0 Å². The number of aromatic amines is 2. The van der Waals surface area contributed by atoms with E-state index in [0.717, 1.165) is 0 Å². The minimum Gasteiger partial charge on any atom is -0.464 e. The average molecular weight is 193 g/mol. The Balaban J connectivity index is 2.45. The van der Waals surface area contributed by atoms with Gasteiger partial charge in [-0.15, -0.1) is 5.10 Å². The Morgan fingerprint density at radius 1 is 1.50 bits per heavy atom. The summed E-state index contributed by atoms with van der Waals surface area (Å²) < 4.78 is 4.54. The van der Waals surface area contributed by atoms with E-state index in [1.54, 1.807) is 6.20 Å². The van der Waals surface area contributed by atoms with Gasteiger partial charge < -0.3 is 9.72 Å². The fourth-order valence-electron chi connectivity index (χ4n) is 1.04. The predicted octanol–water partition coefficient (Wildman–Crippen LogP) is -0.0186. The van der Waals surface area contributed by atoms with Crippen molar-refractivity contribution in [3.8, 4) is 11.4 Å². The van der Waals surface area contributed by atoms with Crippen molar-refractivity contribution in [2.45, 2.75) is 0 Å². The number of nitrogens with one attached hydrogen (secondary N) is 2. The van der Waals surface area contributed by atoms with Gasteiger partial charge >= 0.3 is 5.97 Å². The zero-order valence-corrected chi connectivity index (χ0v) is 7.31. The third-order valence-electron chi connectivity index (χ3n) is 1.68. The molecule has 2 N–H and O–H groups in total. The molecule has 2 rings (SSSR count). The van der Waals surface area contributed by atoms with Crippen molar-refractivity contribution < 1.29 is 9.53 Å². The lowest BCUT2D eigenvalue weighted by Crippen LogP contribution is -2.03. The largest absolute Gasteiger partial charge is 0.464 e. The molecule has 0 aliphatic carbocycles. The zero-order chi connectivity index (χ0) is 9.97. The lowest BCUT2D eigenvalue weighted by molar-refractivity contribution is 0.0595. The number of H-pyrrole nitrogens is 2. The van der Waals surface area contributed by atoms with Crippen LogP contribution in [0.15, 0.2) is 12.5 Å². The van der Waals surface area contributed by atoms with Crippen LogP contribution in [-0.2, 0) is 4.74 Å². The Morgan fingerprint density at radius 3 is 3.00 bits per heavy atom. The molecule has 0 amide bonds. The highest BCUT2D eigenvalue weighted by Crippen LogP contribution is 2.16. The van der Waals surface area contributed by atoms with Crippen LogP contribution in [0.5, 0.6) is 0 Å². The summed E-state index contributed by atoms with van der Waals surface area (Å²) in [4.78, 5) is 17.8. The molecule has 72 valence electrons. The van der Waals surface area contributed by atoms with Gasteiger partial charge in [0.2, 0.25) is 0 Å². The molecule has 7 nitrogen and oxygen atoms in total. The van der Waals surface area contributed by atoms with Crippen molar-refractivity contribution in [1.82, 2.24) is 25.4 Å². The van der Waals surface area contributed by atoms with Crippen molar-refractivity contribution in [3.63, 3.8) is 0 Å². The summed E-state index contributed by atoms with van der Waals surface area (Å²) in [5.41, 5.74) is 1.14. The van der Waals surface area contributed by atoms with Crippen molar-refractivity contribution in [1.29, 1.82) is 0 Å². The minimum atomic E-state index is -0.539. The summed E-state index contributed by atoms with van der Waals surface area (Å²) in [6, 6.07) is 0. The molecule has 0 unspecified atom stereocenters. The van der Waals surface area contributed by atoms with Gasteiger partial charge in [-0.3, -0.25) is 0 Å². The first kappa shape index (κ1) is 8.42. The number of carbonyl (C=O) groups excluding carboxylic acids is 1. The van der Waals surface area contributed by atoms with Gasteiger partial charge in [0.25, 0.3) is 0 Å². The topological polar surface area (TPSA) is 96.6 Å². The second kappa shape index (κ2) is 3.29. The van der Waals surface area contributed by atoms with Gasteiger partial charge in [-0.2, -0.15) is 10.3 Å². The molecule has 0 aliphatic heterocycles. The molecule has 2 aromatic rings. The maximum absolute atomic E-state index is 11.2. The second-order valence-electron chi connectivity index (χ2n) is 2.48. The van der Waals surface area contributed by atoms with Crippen LogP contribution >= 0.6 is 0 Å². The minimum absolute atomic E-state index is 0.136. The number of hydrogen-bond donors (Lipinski definition) is 2. The molecule has 2 aromatic heterocycles. The second-order valence-corrected chi connectivity index (χ2v) is 2.48. The number of rotatable bonds is 2. The van der Waals surface area contributed by atoms with E-state index in [2.05, 4.69) is 30.1 Å². The number of methoxy groups -OCH3 is 1. The van der Waals surface area contributed by atoms with Gasteiger partial charge in [-0.1, -0.05) is 0 Å². The lowest BCUT2D eigenvalue weighted by atomic mass is 10.2. The number of imidazole rings is 1. The van der Waals surface area contributed by atoms with Gasteiger partial charge in [0.05, 0.1) is 25.3 Å². The maximum Gasteiger partial charge on any atom is 0.360 e. The zero-order valence-electron chi connectivity index (χ0n) is 7.31. The molecule has 14 heavy (non-hydrogen) atoms. The molecular weight excluding hydrogens is 186 g/mol. The van der Waals surface area contributed by atoms with Gasteiger partial charge in [0, 0.05) is 0 Å². The first-order valence-corrected chi connectivity index (χ1v) is 3.80. The molecular formula is C7H7N5O2. The van der Waals surface area contributed by atoms with Crippen LogP contribution in [0.3, 0.4) is 0 Å². The van der Waals surface area contributed by atoms with E-state index in [0.29, 0.717) is 11.4 Å². The van der Waals surface area contributed by atoms with E-state index < -0.39 is 5.97 Å². The summed E-state index contributed by atoms with van der Waals surface area (Å²) in [5.74, 6) is -0.539. The molecule has 0 aliphatic rings. The van der Waals surface area contributed by atoms with E-state index in [-0.39, 0.29) is 5.69 Å². The van der Waals surface area contributed by atoms with Crippen LogP contribution < -0.4 is 0 Å². The highest BCUT2D eigenvalue weighted by atomic mass is 16.5. The number of esters is 1. The fraction of sp³-hybridized carbons (Fsp3) is 0.143. The van der Waals surface area contributed by atoms with E-state index in [9.17, 15) is 4.79 Å². The van der Waals surface area contributed by atoms with Crippen molar-refractivity contribution in [2.75, 3.05) is 7.11 Å².